The maximum atomic E-state index is 15.0. The van der Waals surface area contributed by atoms with E-state index >= 15 is 4.39 Å². The molecule has 0 saturated carbocycles. The summed E-state index contributed by atoms with van der Waals surface area (Å²) in [5, 5.41) is 10.6. The lowest BCUT2D eigenvalue weighted by Gasteiger charge is -2.13. The zero-order valence-corrected chi connectivity index (χ0v) is 22.6. The van der Waals surface area contributed by atoms with E-state index in [4.69, 9.17) is 18.9 Å². The molecule has 1 N–H and O–H groups in total. The predicted molar refractivity (Wildman–Crippen MR) is 147 cm³/mol. The van der Waals surface area contributed by atoms with Crippen LogP contribution in [-0.4, -0.2) is 49.4 Å². The number of hydrogen-bond acceptors (Lipinski definition) is 10. The van der Waals surface area contributed by atoms with Gasteiger partial charge >= 0.3 is 23.2 Å². The predicted octanol–water partition coefficient (Wildman–Crippen LogP) is 2.95. The number of aromatic nitrogens is 6. The number of nitrogens with zero attached hydrogens (tertiary/aromatic N) is 6. The quantitative estimate of drug-likeness (QED) is 0.277. The number of ether oxygens (including phenoxy) is 4. The Morgan fingerprint density at radius 3 is 2.48 bits per heavy atom. The van der Waals surface area contributed by atoms with E-state index in [1.165, 1.54) is 44.3 Å². The van der Waals surface area contributed by atoms with Crippen LogP contribution in [0, 0.1) is 5.82 Å². The number of halogens is 1. The largest absolute Gasteiger partial charge is 0.493 e. The molecule has 0 fully saturated rings. The minimum absolute atomic E-state index is 0.0136. The van der Waals surface area contributed by atoms with Gasteiger partial charge in [0.1, 0.15) is 5.75 Å². The SMILES string of the molecule is COc1cc2nccc(Oc3ccc(NC(=O)Oc4nn(C)c(=O)n(CCn5cccn5)c4=O)cc3F)c2cc1OC. The van der Waals surface area contributed by atoms with Crippen LogP contribution in [0.1, 0.15) is 0 Å². The topological polar surface area (TPSA) is 154 Å². The lowest BCUT2D eigenvalue weighted by Crippen LogP contribution is -2.42. The number of benzene rings is 2. The monoisotopic (exact) mass is 577 g/mol. The van der Waals surface area contributed by atoms with Crippen molar-refractivity contribution in [2.24, 2.45) is 7.05 Å². The third kappa shape index (κ3) is 5.74. The van der Waals surface area contributed by atoms with Crippen LogP contribution in [0.4, 0.5) is 14.9 Å². The number of amides is 1. The summed E-state index contributed by atoms with van der Waals surface area (Å²) in [7, 11) is 4.30. The van der Waals surface area contributed by atoms with E-state index in [9.17, 15) is 14.4 Å². The average Bonchev–Trinajstić information content (AvgIpc) is 3.50. The number of nitrogens with one attached hydrogen (secondary N) is 1. The number of pyridine rings is 1. The molecule has 2 aromatic carbocycles. The molecule has 1 amide bonds. The smallest absolute Gasteiger partial charge is 0.418 e. The minimum atomic E-state index is -1.12. The molecule has 3 heterocycles. The molecule has 216 valence electrons. The Hall–Kier alpha value is -5.73. The maximum absolute atomic E-state index is 15.0. The number of carbonyl (C=O) groups is 1. The van der Waals surface area contributed by atoms with E-state index in [1.54, 1.807) is 36.7 Å². The summed E-state index contributed by atoms with van der Waals surface area (Å²) in [4.78, 5) is 42.0. The van der Waals surface area contributed by atoms with Crippen LogP contribution in [0.2, 0.25) is 0 Å². The van der Waals surface area contributed by atoms with Gasteiger partial charge in [0, 0.05) is 48.8 Å². The van der Waals surface area contributed by atoms with Gasteiger partial charge in [0.2, 0.25) is 0 Å². The van der Waals surface area contributed by atoms with Crippen molar-refractivity contribution in [2.45, 2.75) is 13.1 Å². The molecular formula is C27H24FN7O7. The van der Waals surface area contributed by atoms with Crippen LogP contribution >= 0.6 is 0 Å². The number of aryl methyl sites for hydroxylation is 2. The van der Waals surface area contributed by atoms with Crippen LogP contribution in [0.3, 0.4) is 0 Å². The zero-order chi connectivity index (χ0) is 29.8. The Balaban J connectivity index is 1.31. The van der Waals surface area contributed by atoms with E-state index in [-0.39, 0.29) is 24.5 Å². The molecule has 0 saturated heterocycles. The Labute approximate surface area is 236 Å². The first-order chi connectivity index (χ1) is 20.3. The van der Waals surface area contributed by atoms with Gasteiger partial charge < -0.3 is 18.9 Å². The van der Waals surface area contributed by atoms with Gasteiger partial charge in [0.25, 0.3) is 0 Å². The molecule has 0 unspecified atom stereocenters. The van der Waals surface area contributed by atoms with E-state index in [1.807, 2.05) is 0 Å². The van der Waals surface area contributed by atoms with Crippen molar-refractivity contribution in [1.82, 2.24) is 29.1 Å². The molecule has 15 heteroatoms. The molecule has 3 aromatic heterocycles. The first-order valence-corrected chi connectivity index (χ1v) is 12.4. The summed E-state index contributed by atoms with van der Waals surface area (Å²) in [5.41, 5.74) is -1.05. The maximum Gasteiger partial charge on any atom is 0.418 e. The molecule has 5 aromatic rings. The lowest BCUT2D eigenvalue weighted by atomic mass is 10.2. The number of carbonyl (C=O) groups excluding carboxylic acids is 1. The lowest BCUT2D eigenvalue weighted by molar-refractivity contribution is 0.210. The van der Waals surface area contributed by atoms with E-state index in [0.29, 0.717) is 28.2 Å². The fourth-order valence-electron chi connectivity index (χ4n) is 4.04. The number of hydrogen-bond donors (Lipinski definition) is 1. The van der Waals surface area contributed by atoms with Gasteiger partial charge in [-0.05, 0) is 30.3 Å². The Kier molecular flexibility index (Phi) is 7.81. The van der Waals surface area contributed by atoms with Crippen molar-refractivity contribution in [2.75, 3.05) is 19.5 Å². The Bertz CT molecular complexity index is 1890. The van der Waals surface area contributed by atoms with Crippen molar-refractivity contribution in [3.8, 4) is 28.9 Å². The van der Waals surface area contributed by atoms with Crippen molar-refractivity contribution in [3.05, 3.63) is 87.7 Å². The molecule has 0 radical (unpaired) electrons. The summed E-state index contributed by atoms with van der Waals surface area (Å²) >= 11 is 0. The second kappa shape index (κ2) is 11.8. The van der Waals surface area contributed by atoms with Gasteiger partial charge in [-0.1, -0.05) is 0 Å². The second-order valence-corrected chi connectivity index (χ2v) is 8.73. The molecule has 42 heavy (non-hydrogen) atoms. The minimum Gasteiger partial charge on any atom is -0.493 e. The molecule has 0 aliphatic rings. The van der Waals surface area contributed by atoms with Gasteiger partial charge in [-0.25, -0.2) is 18.7 Å². The standard InChI is InChI=1S/C27H24FN7O7/c1-33-27(38)35(12-11-34-10-4-8-30-34)25(36)24(32-33)42-26(37)31-16-5-6-21(18(28)13-16)41-20-7-9-29-19-15-23(40-3)22(39-2)14-17(19)20/h4-10,13-15H,11-12H2,1-3H3,(H,31,37). The zero-order valence-electron chi connectivity index (χ0n) is 22.6. The van der Waals surface area contributed by atoms with E-state index < -0.39 is 29.0 Å². The Morgan fingerprint density at radius 2 is 1.76 bits per heavy atom. The molecule has 0 aliphatic carbocycles. The highest BCUT2D eigenvalue weighted by Crippen LogP contribution is 2.37. The summed E-state index contributed by atoms with van der Waals surface area (Å²) in [6.07, 6.45) is 3.62. The van der Waals surface area contributed by atoms with Crippen LogP contribution in [0.25, 0.3) is 10.9 Å². The molecule has 5 rings (SSSR count). The van der Waals surface area contributed by atoms with E-state index in [0.717, 1.165) is 15.3 Å². The third-order valence-corrected chi connectivity index (χ3v) is 6.08. The third-order valence-electron chi connectivity index (χ3n) is 6.08. The number of anilines is 1. The molecule has 0 aliphatic heterocycles. The average molecular weight is 578 g/mol. The molecule has 14 nitrogen and oxygen atoms in total. The second-order valence-electron chi connectivity index (χ2n) is 8.73. The van der Waals surface area contributed by atoms with Gasteiger partial charge in [-0.15, -0.1) is 5.10 Å². The summed E-state index contributed by atoms with van der Waals surface area (Å²) in [6.45, 7) is 0.190. The summed E-state index contributed by atoms with van der Waals surface area (Å²) in [6, 6.07) is 10.3. The van der Waals surface area contributed by atoms with Crippen LogP contribution < -0.4 is 35.5 Å². The van der Waals surface area contributed by atoms with Crippen molar-refractivity contribution in [3.63, 3.8) is 0 Å². The van der Waals surface area contributed by atoms with Crippen molar-refractivity contribution >= 4 is 22.7 Å². The van der Waals surface area contributed by atoms with Gasteiger partial charge in [-0.3, -0.25) is 24.3 Å². The molecular weight excluding hydrogens is 553 g/mol. The molecule has 0 spiro atoms. The highest BCUT2D eigenvalue weighted by molar-refractivity contribution is 5.88. The first-order valence-electron chi connectivity index (χ1n) is 12.4. The Morgan fingerprint density at radius 1 is 0.976 bits per heavy atom. The fraction of sp³-hybridized carbons (Fsp3) is 0.185. The molecule has 0 atom stereocenters. The van der Waals surface area contributed by atoms with Crippen molar-refractivity contribution in [1.29, 1.82) is 0 Å². The normalized spacial score (nSPS) is 10.9. The molecule has 0 bridgehead atoms. The van der Waals surface area contributed by atoms with E-state index in [2.05, 4.69) is 20.5 Å². The highest BCUT2D eigenvalue weighted by atomic mass is 19.1. The number of fused-ring (bicyclic) bond motifs is 1. The van der Waals surface area contributed by atoms with Gasteiger partial charge in [-0.2, -0.15) is 5.10 Å². The van der Waals surface area contributed by atoms with Crippen LogP contribution in [0.5, 0.6) is 28.9 Å². The summed E-state index contributed by atoms with van der Waals surface area (Å²) < 4.78 is 39.8. The number of rotatable bonds is 9. The first kappa shape index (κ1) is 27.8. The van der Waals surface area contributed by atoms with Crippen molar-refractivity contribution < 1.29 is 28.1 Å². The number of methoxy groups -OCH3 is 2. The summed E-state index contributed by atoms with van der Waals surface area (Å²) in [5.74, 6) is -0.324. The fourth-order valence-corrected chi connectivity index (χ4v) is 4.04. The highest BCUT2D eigenvalue weighted by Gasteiger charge is 2.18. The van der Waals surface area contributed by atoms with Gasteiger partial charge in [0.05, 0.1) is 32.8 Å². The van der Waals surface area contributed by atoms with Crippen LogP contribution in [0.15, 0.2) is 70.6 Å². The van der Waals surface area contributed by atoms with Crippen LogP contribution in [-0.2, 0) is 20.1 Å². The van der Waals surface area contributed by atoms with Gasteiger partial charge in [0.15, 0.2) is 23.1 Å².